The fourth-order valence-electron chi connectivity index (χ4n) is 3.03. The van der Waals surface area contributed by atoms with Crippen molar-refractivity contribution in [2.45, 2.75) is 12.5 Å². The van der Waals surface area contributed by atoms with Gasteiger partial charge in [-0.05, 0) is 50.7 Å². The van der Waals surface area contributed by atoms with Gasteiger partial charge in [0, 0.05) is 30.1 Å². The third-order valence-corrected chi connectivity index (χ3v) is 4.80. The van der Waals surface area contributed by atoms with E-state index in [0.717, 1.165) is 23.1 Å². The number of likely N-dealkylation sites (tertiary alicyclic amines) is 1. The van der Waals surface area contributed by atoms with E-state index in [2.05, 4.69) is 39.8 Å². The molecule has 20 heavy (non-hydrogen) atoms. The van der Waals surface area contributed by atoms with Crippen LogP contribution in [0.15, 0.2) is 22.7 Å². The lowest BCUT2D eigenvalue weighted by Crippen LogP contribution is -2.35. The van der Waals surface area contributed by atoms with E-state index in [-0.39, 0.29) is 11.9 Å². The van der Waals surface area contributed by atoms with Gasteiger partial charge in [-0.25, -0.2) is 4.39 Å². The number of nitrogens with two attached hydrogens (primary N) is 1. The second-order valence-corrected chi connectivity index (χ2v) is 6.63. The van der Waals surface area contributed by atoms with Gasteiger partial charge >= 0.3 is 0 Å². The fourth-order valence-corrected chi connectivity index (χ4v) is 3.64. The maximum Gasteiger partial charge on any atom is 0.124 e. The summed E-state index contributed by atoms with van der Waals surface area (Å²) in [4.78, 5) is 4.66. The summed E-state index contributed by atoms with van der Waals surface area (Å²) in [5.41, 5.74) is 7.01. The summed E-state index contributed by atoms with van der Waals surface area (Å²) in [6.45, 7) is 3.87. The number of nitrogens with zero attached hydrogens (tertiary/aromatic N) is 2. The summed E-state index contributed by atoms with van der Waals surface area (Å²) < 4.78 is 14.0. The van der Waals surface area contributed by atoms with Crippen LogP contribution in [0.4, 0.5) is 4.39 Å². The first-order chi connectivity index (χ1) is 9.51. The lowest BCUT2D eigenvalue weighted by Gasteiger charge is -2.30. The van der Waals surface area contributed by atoms with Crippen LogP contribution in [0.1, 0.15) is 18.0 Å². The topological polar surface area (TPSA) is 32.5 Å². The largest absolute Gasteiger partial charge is 0.329 e. The molecule has 112 valence electrons. The van der Waals surface area contributed by atoms with Crippen LogP contribution in [-0.4, -0.2) is 50.1 Å². The summed E-state index contributed by atoms with van der Waals surface area (Å²) in [6, 6.07) is 4.96. The van der Waals surface area contributed by atoms with Gasteiger partial charge in [0.25, 0.3) is 0 Å². The zero-order chi connectivity index (χ0) is 14.7. The lowest BCUT2D eigenvalue weighted by atomic mass is 10.0. The Kier molecular flexibility index (Phi) is 5.55. The van der Waals surface area contributed by atoms with E-state index in [1.807, 2.05) is 6.07 Å². The molecular weight excluding hydrogens is 321 g/mol. The van der Waals surface area contributed by atoms with Gasteiger partial charge in [0.2, 0.25) is 0 Å². The van der Waals surface area contributed by atoms with Gasteiger partial charge in [0.05, 0.1) is 0 Å². The van der Waals surface area contributed by atoms with Crippen molar-refractivity contribution in [1.29, 1.82) is 0 Å². The van der Waals surface area contributed by atoms with E-state index in [1.54, 1.807) is 0 Å². The Labute approximate surface area is 129 Å². The van der Waals surface area contributed by atoms with Crippen LogP contribution in [0.2, 0.25) is 0 Å². The summed E-state index contributed by atoms with van der Waals surface area (Å²) >= 11 is 3.45. The van der Waals surface area contributed by atoms with Gasteiger partial charge in [-0.15, -0.1) is 0 Å². The van der Waals surface area contributed by atoms with Crippen LogP contribution in [0.3, 0.4) is 0 Å². The molecule has 0 aliphatic carbocycles. The fraction of sp³-hybridized carbons (Fsp3) is 0.600. The molecule has 0 spiro atoms. The van der Waals surface area contributed by atoms with Crippen LogP contribution >= 0.6 is 15.9 Å². The summed E-state index contributed by atoms with van der Waals surface area (Å²) in [5, 5.41) is 0. The molecule has 2 atom stereocenters. The van der Waals surface area contributed by atoms with E-state index < -0.39 is 0 Å². The maximum absolute atomic E-state index is 13.2. The molecule has 1 saturated heterocycles. The molecule has 5 heteroatoms. The van der Waals surface area contributed by atoms with Gasteiger partial charge < -0.3 is 10.6 Å². The molecule has 2 N–H and O–H groups in total. The monoisotopic (exact) mass is 343 g/mol. The van der Waals surface area contributed by atoms with Gasteiger partial charge in [0.1, 0.15) is 5.82 Å². The third kappa shape index (κ3) is 3.79. The number of rotatable bonds is 5. The highest BCUT2D eigenvalue weighted by atomic mass is 79.9. The van der Waals surface area contributed by atoms with Crippen molar-refractivity contribution >= 4 is 15.9 Å². The van der Waals surface area contributed by atoms with Crippen molar-refractivity contribution in [3.05, 3.63) is 34.1 Å². The van der Waals surface area contributed by atoms with Crippen LogP contribution in [0.25, 0.3) is 0 Å². The van der Waals surface area contributed by atoms with Crippen molar-refractivity contribution in [3.8, 4) is 0 Å². The van der Waals surface area contributed by atoms with E-state index in [9.17, 15) is 4.39 Å². The van der Waals surface area contributed by atoms with E-state index in [4.69, 9.17) is 5.73 Å². The first kappa shape index (κ1) is 15.9. The SMILES string of the molecule is CN1CCC(CN(C)C(CN)c2ccc(F)cc2Br)C1. The summed E-state index contributed by atoms with van der Waals surface area (Å²) in [7, 11) is 4.27. The van der Waals surface area contributed by atoms with Crippen molar-refractivity contribution in [2.24, 2.45) is 11.7 Å². The molecule has 0 aromatic heterocycles. The number of hydrogen-bond acceptors (Lipinski definition) is 3. The molecule has 2 rings (SSSR count). The summed E-state index contributed by atoms with van der Waals surface area (Å²) in [6.07, 6.45) is 1.24. The Bertz CT molecular complexity index is 455. The lowest BCUT2D eigenvalue weighted by molar-refractivity contribution is 0.211. The second-order valence-electron chi connectivity index (χ2n) is 5.77. The molecule has 0 saturated carbocycles. The molecule has 1 aliphatic heterocycles. The maximum atomic E-state index is 13.2. The molecular formula is C15H23BrFN3. The predicted molar refractivity (Wildman–Crippen MR) is 84.1 cm³/mol. The highest BCUT2D eigenvalue weighted by Crippen LogP contribution is 2.28. The molecule has 1 aliphatic rings. The smallest absolute Gasteiger partial charge is 0.124 e. The van der Waals surface area contributed by atoms with Crippen molar-refractivity contribution < 1.29 is 4.39 Å². The number of benzene rings is 1. The average Bonchev–Trinajstić information content (AvgIpc) is 2.78. The van der Waals surface area contributed by atoms with E-state index in [1.165, 1.54) is 25.1 Å². The van der Waals surface area contributed by atoms with Crippen LogP contribution in [0.5, 0.6) is 0 Å². The predicted octanol–water partition coefficient (Wildman–Crippen LogP) is 2.47. The number of halogens is 2. The van der Waals surface area contributed by atoms with Crippen LogP contribution in [-0.2, 0) is 0 Å². The molecule has 1 fully saturated rings. The minimum absolute atomic E-state index is 0.121. The van der Waals surface area contributed by atoms with Crippen molar-refractivity contribution in [3.63, 3.8) is 0 Å². The molecule has 1 aromatic rings. The van der Waals surface area contributed by atoms with Crippen LogP contribution in [0, 0.1) is 11.7 Å². The van der Waals surface area contributed by atoms with Gasteiger partial charge in [-0.3, -0.25) is 4.90 Å². The molecule has 0 radical (unpaired) electrons. The highest BCUT2D eigenvalue weighted by Gasteiger charge is 2.25. The Morgan fingerprint density at radius 2 is 2.30 bits per heavy atom. The first-order valence-electron chi connectivity index (χ1n) is 7.05. The molecule has 2 unspecified atom stereocenters. The number of likely N-dealkylation sites (N-methyl/N-ethyl adjacent to an activating group) is 1. The zero-order valence-electron chi connectivity index (χ0n) is 12.1. The van der Waals surface area contributed by atoms with Gasteiger partial charge in [0.15, 0.2) is 0 Å². The average molecular weight is 344 g/mol. The Hall–Kier alpha value is -0.490. The molecule has 3 nitrogen and oxygen atoms in total. The Morgan fingerprint density at radius 3 is 2.85 bits per heavy atom. The summed E-state index contributed by atoms with van der Waals surface area (Å²) in [5.74, 6) is 0.467. The standard InChI is InChI=1S/C15H23BrFN3/c1-19-6-5-11(9-19)10-20(2)15(8-18)13-4-3-12(17)7-14(13)16/h3-4,7,11,15H,5-6,8-10,18H2,1-2H3. The third-order valence-electron chi connectivity index (χ3n) is 4.11. The normalized spacial score (nSPS) is 21.6. The molecule has 0 bridgehead atoms. The number of hydrogen-bond donors (Lipinski definition) is 1. The molecule has 0 amide bonds. The Balaban J connectivity index is 2.06. The minimum atomic E-state index is -0.225. The molecule has 1 aromatic carbocycles. The second kappa shape index (κ2) is 6.98. The van der Waals surface area contributed by atoms with Crippen molar-refractivity contribution in [1.82, 2.24) is 9.80 Å². The zero-order valence-corrected chi connectivity index (χ0v) is 13.7. The van der Waals surface area contributed by atoms with Crippen molar-refractivity contribution in [2.75, 3.05) is 40.3 Å². The van der Waals surface area contributed by atoms with E-state index >= 15 is 0 Å². The van der Waals surface area contributed by atoms with E-state index in [0.29, 0.717) is 12.5 Å². The van der Waals surface area contributed by atoms with Gasteiger partial charge in [-0.2, -0.15) is 0 Å². The first-order valence-corrected chi connectivity index (χ1v) is 7.84. The highest BCUT2D eigenvalue weighted by molar-refractivity contribution is 9.10. The van der Waals surface area contributed by atoms with Gasteiger partial charge in [-0.1, -0.05) is 22.0 Å². The van der Waals surface area contributed by atoms with Crippen LogP contribution < -0.4 is 5.73 Å². The quantitative estimate of drug-likeness (QED) is 0.891. The molecule has 1 heterocycles. The Morgan fingerprint density at radius 1 is 1.55 bits per heavy atom. The minimum Gasteiger partial charge on any atom is -0.329 e.